The van der Waals surface area contributed by atoms with E-state index in [1.807, 2.05) is 25.2 Å². The molecule has 1 aromatic rings. The van der Waals surface area contributed by atoms with Gasteiger partial charge in [-0.15, -0.1) is 0 Å². The van der Waals surface area contributed by atoms with Crippen LogP contribution >= 0.6 is 0 Å². The summed E-state index contributed by atoms with van der Waals surface area (Å²) in [6.07, 6.45) is 0.442. The fourth-order valence-electron chi connectivity index (χ4n) is 2.20. The number of benzene rings is 1. The van der Waals surface area contributed by atoms with Crippen molar-refractivity contribution in [1.82, 2.24) is 10.6 Å². The molecule has 1 aromatic carbocycles. The average Bonchev–Trinajstić information content (AvgIpc) is 2.49. The third kappa shape index (κ3) is 4.83. The van der Waals surface area contributed by atoms with Crippen LogP contribution in [0.5, 0.6) is 0 Å². The van der Waals surface area contributed by atoms with Gasteiger partial charge in [0.25, 0.3) is 0 Å². The van der Waals surface area contributed by atoms with E-state index in [2.05, 4.69) is 27.7 Å². The fourth-order valence-corrected chi connectivity index (χ4v) is 2.20. The highest BCUT2D eigenvalue weighted by atomic mass is 16.5. The summed E-state index contributed by atoms with van der Waals surface area (Å²) in [6, 6.07) is 10.1. The van der Waals surface area contributed by atoms with Crippen LogP contribution in [0.3, 0.4) is 0 Å². The van der Waals surface area contributed by atoms with Crippen molar-refractivity contribution in [3.8, 4) is 0 Å². The highest BCUT2D eigenvalue weighted by molar-refractivity contribution is 5.76. The van der Waals surface area contributed by atoms with Crippen LogP contribution in [0.25, 0.3) is 0 Å². The number of anilines is 1. The number of nitrogens with one attached hydrogen (secondary N) is 2. The maximum absolute atomic E-state index is 11.8. The second kappa shape index (κ2) is 7.87. The van der Waals surface area contributed by atoms with Gasteiger partial charge in [-0.1, -0.05) is 18.2 Å². The Hall–Kier alpha value is -1.59. The summed E-state index contributed by atoms with van der Waals surface area (Å²) >= 11 is 0. The minimum atomic E-state index is 0.00982. The van der Waals surface area contributed by atoms with Gasteiger partial charge >= 0.3 is 0 Å². The number of carbonyl (C=O) groups excluding carboxylic acids is 1. The van der Waals surface area contributed by atoms with E-state index in [1.54, 1.807) is 0 Å². The van der Waals surface area contributed by atoms with Crippen molar-refractivity contribution in [1.29, 1.82) is 0 Å². The lowest BCUT2D eigenvalue weighted by Crippen LogP contribution is -2.42. The molecule has 0 spiro atoms. The van der Waals surface area contributed by atoms with Gasteiger partial charge in [-0.2, -0.15) is 0 Å². The quantitative estimate of drug-likeness (QED) is 0.800. The number of para-hydroxylation sites is 1. The number of nitrogens with zero attached hydrogens (tertiary/aromatic N) is 1. The zero-order valence-corrected chi connectivity index (χ0v) is 12.0. The van der Waals surface area contributed by atoms with Gasteiger partial charge in [0.2, 0.25) is 5.91 Å². The number of carbonyl (C=O) groups is 1. The molecule has 5 heteroatoms. The van der Waals surface area contributed by atoms with Crippen LogP contribution in [-0.4, -0.2) is 51.8 Å². The first-order valence-electron chi connectivity index (χ1n) is 7.11. The maximum Gasteiger partial charge on any atom is 0.222 e. The Bertz CT molecular complexity index is 405. The molecular formula is C15H23N3O2. The van der Waals surface area contributed by atoms with Crippen molar-refractivity contribution >= 4 is 11.6 Å². The Morgan fingerprint density at radius 1 is 1.45 bits per heavy atom. The van der Waals surface area contributed by atoms with Gasteiger partial charge in [-0.25, -0.2) is 0 Å². The number of hydrogen-bond donors (Lipinski definition) is 2. The van der Waals surface area contributed by atoms with Crippen molar-refractivity contribution in [2.24, 2.45) is 0 Å². The standard InChI is InChI=1S/C15H23N3O2/c1-18(13-5-3-2-4-6-13)9-7-17-15(19)11-14-12-16-8-10-20-14/h2-6,14,16H,7-12H2,1H3,(H,17,19). The molecule has 1 amide bonds. The molecule has 0 radical (unpaired) electrons. The molecule has 1 aliphatic rings. The number of amides is 1. The van der Waals surface area contributed by atoms with Crippen molar-refractivity contribution < 1.29 is 9.53 Å². The van der Waals surface area contributed by atoms with E-state index in [9.17, 15) is 4.79 Å². The van der Waals surface area contributed by atoms with Gasteiger partial charge in [0, 0.05) is 38.9 Å². The van der Waals surface area contributed by atoms with E-state index in [0.29, 0.717) is 19.6 Å². The van der Waals surface area contributed by atoms with E-state index in [1.165, 1.54) is 0 Å². The molecule has 2 N–H and O–H groups in total. The van der Waals surface area contributed by atoms with Crippen molar-refractivity contribution in [2.75, 3.05) is 44.7 Å². The van der Waals surface area contributed by atoms with Crippen LogP contribution in [0, 0.1) is 0 Å². The summed E-state index contributed by atoms with van der Waals surface area (Å²) in [4.78, 5) is 13.9. The zero-order chi connectivity index (χ0) is 14.2. The van der Waals surface area contributed by atoms with Crippen molar-refractivity contribution in [3.05, 3.63) is 30.3 Å². The molecule has 1 saturated heterocycles. The molecule has 1 atom stereocenters. The van der Waals surface area contributed by atoms with E-state index in [4.69, 9.17) is 4.74 Å². The minimum Gasteiger partial charge on any atom is -0.375 e. The van der Waals surface area contributed by atoms with E-state index in [0.717, 1.165) is 25.3 Å². The van der Waals surface area contributed by atoms with Crippen LogP contribution < -0.4 is 15.5 Å². The average molecular weight is 277 g/mol. The Morgan fingerprint density at radius 3 is 2.95 bits per heavy atom. The summed E-state index contributed by atoms with van der Waals surface area (Å²) in [7, 11) is 2.02. The number of ether oxygens (including phenoxy) is 1. The van der Waals surface area contributed by atoms with E-state index < -0.39 is 0 Å². The molecule has 0 saturated carbocycles. The lowest BCUT2D eigenvalue weighted by Gasteiger charge is -2.23. The first-order valence-corrected chi connectivity index (χ1v) is 7.11. The molecule has 0 aliphatic carbocycles. The molecule has 110 valence electrons. The largest absolute Gasteiger partial charge is 0.375 e. The zero-order valence-electron chi connectivity index (χ0n) is 12.0. The molecule has 1 fully saturated rings. The van der Waals surface area contributed by atoms with Gasteiger partial charge in [-0.3, -0.25) is 4.79 Å². The van der Waals surface area contributed by atoms with Crippen LogP contribution in [0.15, 0.2) is 30.3 Å². The van der Waals surface area contributed by atoms with Crippen LogP contribution in [0.1, 0.15) is 6.42 Å². The van der Waals surface area contributed by atoms with Gasteiger partial charge in [0.05, 0.1) is 19.1 Å². The monoisotopic (exact) mass is 277 g/mol. The third-order valence-electron chi connectivity index (χ3n) is 3.38. The SMILES string of the molecule is CN(CCNC(=O)CC1CNCCO1)c1ccccc1. The van der Waals surface area contributed by atoms with Crippen LogP contribution in [0.2, 0.25) is 0 Å². The van der Waals surface area contributed by atoms with Crippen molar-refractivity contribution in [2.45, 2.75) is 12.5 Å². The third-order valence-corrected chi connectivity index (χ3v) is 3.38. The number of rotatable bonds is 6. The number of morpholine rings is 1. The first kappa shape index (κ1) is 14.8. The number of likely N-dealkylation sites (N-methyl/N-ethyl adjacent to an activating group) is 1. The first-order chi connectivity index (χ1) is 9.75. The lowest BCUT2D eigenvalue weighted by molar-refractivity contribution is -0.124. The van der Waals surface area contributed by atoms with Crippen molar-refractivity contribution in [3.63, 3.8) is 0 Å². The molecule has 0 bridgehead atoms. The summed E-state index contributed by atoms with van der Waals surface area (Å²) < 4.78 is 5.51. The molecular weight excluding hydrogens is 254 g/mol. The van der Waals surface area contributed by atoms with E-state index >= 15 is 0 Å². The molecule has 1 unspecified atom stereocenters. The predicted molar refractivity (Wildman–Crippen MR) is 79.9 cm³/mol. The molecule has 0 aromatic heterocycles. The summed E-state index contributed by atoms with van der Waals surface area (Å²) in [5.41, 5.74) is 1.15. The Labute approximate surface area is 120 Å². The van der Waals surface area contributed by atoms with E-state index in [-0.39, 0.29) is 12.0 Å². The molecule has 1 aliphatic heterocycles. The Balaban J connectivity index is 1.63. The summed E-state index contributed by atoms with van der Waals surface area (Å²) in [6.45, 7) is 3.76. The summed E-state index contributed by atoms with van der Waals surface area (Å²) in [5.74, 6) is 0.0557. The van der Waals surface area contributed by atoms with Crippen LogP contribution in [0.4, 0.5) is 5.69 Å². The highest BCUT2D eigenvalue weighted by Crippen LogP contribution is 2.09. The Kier molecular flexibility index (Phi) is 5.83. The van der Waals surface area contributed by atoms with Gasteiger partial charge in [0.15, 0.2) is 0 Å². The lowest BCUT2D eigenvalue weighted by atomic mass is 10.2. The molecule has 2 rings (SSSR count). The fraction of sp³-hybridized carbons (Fsp3) is 0.533. The van der Waals surface area contributed by atoms with Gasteiger partial charge < -0.3 is 20.3 Å². The predicted octanol–water partition coefficient (Wildman–Crippen LogP) is 0.618. The second-order valence-corrected chi connectivity index (χ2v) is 5.01. The van der Waals surface area contributed by atoms with Gasteiger partial charge in [0.1, 0.15) is 0 Å². The smallest absolute Gasteiger partial charge is 0.222 e. The minimum absolute atomic E-state index is 0.00982. The normalized spacial score (nSPS) is 18.6. The van der Waals surface area contributed by atoms with Crippen LogP contribution in [-0.2, 0) is 9.53 Å². The molecule has 5 nitrogen and oxygen atoms in total. The number of hydrogen-bond acceptors (Lipinski definition) is 4. The van der Waals surface area contributed by atoms with Gasteiger partial charge in [-0.05, 0) is 12.1 Å². The molecule has 1 heterocycles. The Morgan fingerprint density at radius 2 is 2.25 bits per heavy atom. The second-order valence-electron chi connectivity index (χ2n) is 5.01. The summed E-state index contributed by atoms with van der Waals surface area (Å²) in [5, 5.41) is 6.17. The topological polar surface area (TPSA) is 53.6 Å². The molecule has 20 heavy (non-hydrogen) atoms. The highest BCUT2D eigenvalue weighted by Gasteiger charge is 2.16. The maximum atomic E-state index is 11.8.